The minimum atomic E-state index is -4.70. The summed E-state index contributed by atoms with van der Waals surface area (Å²) in [5.74, 6) is -1.39. The molecule has 0 saturated heterocycles. The van der Waals surface area contributed by atoms with Gasteiger partial charge >= 0.3 is 6.18 Å². The monoisotopic (exact) mass is 487 g/mol. The highest BCUT2D eigenvalue weighted by atomic mass is 32.1. The van der Waals surface area contributed by atoms with Gasteiger partial charge in [-0.1, -0.05) is 29.8 Å². The van der Waals surface area contributed by atoms with Gasteiger partial charge in [0.25, 0.3) is 5.91 Å². The van der Waals surface area contributed by atoms with E-state index in [1.54, 1.807) is 44.2 Å². The molecule has 0 aliphatic carbocycles. The molecule has 4 rings (SSSR count). The maximum absolute atomic E-state index is 13.6. The van der Waals surface area contributed by atoms with Gasteiger partial charge in [-0.25, -0.2) is 4.98 Å². The molecule has 0 unspecified atom stereocenters. The molecule has 7 nitrogen and oxygen atoms in total. The Morgan fingerprint density at radius 2 is 1.79 bits per heavy atom. The van der Waals surface area contributed by atoms with E-state index < -0.39 is 23.7 Å². The van der Waals surface area contributed by atoms with Gasteiger partial charge in [-0.3, -0.25) is 14.3 Å². The number of nitrogens with two attached hydrogens (primary N) is 1. The number of benzene rings is 1. The third-order valence-corrected chi connectivity index (χ3v) is 6.30. The van der Waals surface area contributed by atoms with E-state index in [4.69, 9.17) is 5.73 Å². The molecule has 4 aromatic rings. The van der Waals surface area contributed by atoms with Crippen LogP contribution in [0.25, 0.3) is 21.3 Å². The van der Waals surface area contributed by atoms with Gasteiger partial charge in [-0.05, 0) is 44.0 Å². The quantitative estimate of drug-likeness (QED) is 0.420. The van der Waals surface area contributed by atoms with Crippen molar-refractivity contribution in [3.8, 4) is 11.1 Å². The van der Waals surface area contributed by atoms with Crippen LogP contribution < -0.4 is 11.1 Å². The molecule has 176 valence electrons. The average molecular weight is 488 g/mol. The van der Waals surface area contributed by atoms with Gasteiger partial charge in [-0.15, -0.1) is 11.3 Å². The minimum Gasteiger partial charge on any atom is -0.365 e. The van der Waals surface area contributed by atoms with Crippen LogP contribution in [0.4, 0.5) is 18.9 Å². The van der Waals surface area contributed by atoms with E-state index in [9.17, 15) is 22.8 Å². The van der Waals surface area contributed by atoms with Crippen molar-refractivity contribution in [3.05, 3.63) is 63.9 Å². The lowest BCUT2D eigenvalue weighted by molar-refractivity contribution is -0.140. The van der Waals surface area contributed by atoms with E-state index >= 15 is 0 Å². The SMILES string of the molecule is Cc1ccc(-c2cc(C(F)(F)F)nc3sc(C(N)=O)c(NC(=O)Cn4nc(C)cc4C)c23)cc1. The number of anilines is 1. The predicted molar refractivity (Wildman–Crippen MR) is 124 cm³/mol. The molecule has 34 heavy (non-hydrogen) atoms. The summed E-state index contributed by atoms with van der Waals surface area (Å²) >= 11 is 0.707. The maximum Gasteiger partial charge on any atom is 0.433 e. The van der Waals surface area contributed by atoms with Crippen molar-refractivity contribution >= 4 is 39.1 Å². The number of nitrogens with one attached hydrogen (secondary N) is 1. The van der Waals surface area contributed by atoms with Crippen molar-refractivity contribution in [2.24, 2.45) is 5.73 Å². The van der Waals surface area contributed by atoms with Gasteiger partial charge in [0.2, 0.25) is 5.91 Å². The molecule has 0 bridgehead atoms. The second kappa shape index (κ2) is 8.56. The van der Waals surface area contributed by atoms with Crippen LogP contribution in [-0.4, -0.2) is 26.6 Å². The molecule has 11 heteroatoms. The highest BCUT2D eigenvalue weighted by Crippen LogP contribution is 2.43. The number of aryl methyl sites for hydroxylation is 3. The number of amides is 2. The molecule has 3 aromatic heterocycles. The molecule has 3 heterocycles. The number of alkyl halides is 3. The summed E-state index contributed by atoms with van der Waals surface area (Å²) in [5, 5.41) is 7.13. The van der Waals surface area contributed by atoms with Crippen molar-refractivity contribution in [1.29, 1.82) is 0 Å². The molecule has 0 saturated carbocycles. The third-order valence-electron chi connectivity index (χ3n) is 5.20. The van der Waals surface area contributed by atoms with Gasteiger partial charge in [0.15, 0.2) is 0 Å². The zero-order chi connectivity index (χ0) is 24.8. The van der Waals surface area contributed by atoms with Gasteiger partial charge in [0, 0.05) is 11.1 Å². The van der Waals surface area contributed by atoms with Crippen molar-refractivity contribution in [2.45, 2.75) is 33.5 Å². The van der Waals surface area contributed by atoms with Crippen molar-refractivity contribution < 1.29 is 22.8 Å². The number of thiophene rings is 1. The fourth-order valence-corrected chi connectivity index (χ4v) is 4.65. The fourth-order valence-electron chi connectivity index (χ4n) is 3.65. The normalized spacial score (nSPS) is 11.7. The Hall–Kier alpha value is -3.73. The van der Waals surface area contributed by atoms with Crippen molar-refractivity contribution in [2.75, 3.05) is 5.32 Å². The number of carbonyl (C=O) groups is 2. The molecule has 0 spiro atoms. The molecule has 0 atom stereocenters. The number of carbonyl (C=O) groups excluding carboxylic acids is 2. The van der Waals surface area contributed by atoms with Crippen molar-refractivity contribution in [1.82, 2.24) is 14.8 Å². The van der Waals surface area contributed by atoms with Crippen LogP contribution in [0.3, 0.4) is 0 Å². The first-order valence-corrected chi connectivity index (χ1v) is 11.0. The Morgan fingerprint density at radius 1 is 1.12 bits per heavy atom. The Kier molecular flexibility index (Phi) is 5.90. The lowest BCUT2D eigenvalue weighted by Crippen LogP contribution is -2.22. The summed E-state index contributed by atoms with van der Waals surface area (Å²) in [7, 11) is 0. The Labute approximate surface area is 196 Å². The van der Waals surface area contributed by atoms with E-state index in [0.29, 0.717) is 16.9 Å². The zero-order valence-corrected chi connectivity index (χ0v) is 19.3. The number of hydrogen-bond donors (Lipinski definition) is 2. The number of rotatable bonds is 5. The summed E-state index contributed by atoms with van der Waals surface area (Å²) in [6, 6.07) is 9.59. The van der Waals surface area contributed by atoms with Gasteiger partial charge in [0.05, 0.1) is 11.4 Å². The Balaban J connectivity index is 1.90. The Morgan fingerprint density at radius 3 is 2.35 bits per heavy atom. The van der Waals surface area contributed by atoms with E-state index in [1.165, 1.54) is 4.68 Å². The number of pyridine rings is 1. The van der Waals surface area contributed by atoms with E-state index in [2.05, 4.69) is 15.4 Å². The van der Waals surface area contributed by atoms with Gasteiger partial charge in [-0.2, -0.15) is 18.3 Å². The molecular weight excluding hydrogens is 467 g/mol. The summed E-state index contributed by atoms with van der Waals surface area (Å²) in [4.78, 5) is 28.6. The average Bonchev–Trinajstić information content (AvgIpc) is 3.26. The highest BCUT2D eigenvalue weighted by molar-refractivity contribution is 7.21. The molecule has 1 aromatic carbocycles. The second-order valence-corrected chi connectivity index (χ2v) is 8.90. The van der Waals surface area contributed by atoms with Gasteiger partial charge in [0.1, 0.15) is 21.9 Å². The van der Waals surface area contributed by atoms with Crippen LogP contribution >= 0.6 is 11.3 Å². The minimum absolute atomic E-state index is 0.0378. The molecule has 0 fully saturated rings. The molecule has 0 aliphatic heterocycles. The van der Waals surface area contributed by atoms with Crippen LogP contribution in [0, 0.1) is 20.8 Å². The molecule has 2 amide bonds. The predicted octanol–water partition coefficient (Wildman–Crippen LogP) is 4.84. The second-order valence-electron chi connectivity index (χ2n) is 7.90. The van der Waals surface area contributed by atoms with Crippen LogP contribution in [0.1, 0.15) is 32.3 Å². The van der Waals surface area contributed by atoms with Gasteiger partial charge < -0.3 is 11.1 Å². The van der Waals surface area contributed by atoms with E-state index in [-0.39, 0.29) is 32.9 Å². The van der Waals surface area contributed by atoms with Crippen LogP contribution in [0.2, 0.25) is 0 Å². The fraction of sp³-hybridized carbons (Fsp3) is 0.217. The first-order chi connectivity index (χ1) is 15.9. The number of nitrogens with zero attached hydrogens (tertiary/aromatic N) is 3. The summed E-state index contributed by atoms with van der Waals surface area (Å²) in [5.41, 5.74) is 7.53. The van der Waals surface area contributed by atoms with Crippen molar-refractivity contribution in [3.63, 3.8) is 0 Å². The maximum atomic E-state index is 13.6. The number of fused-ring (bicyclic) bond motifs is 1. The smallest absolute Gasteiger partial charge is 0.365 e. The number of aromatic nitrogens is 3. The summed E-state index contributed by atoms with van der Waals surface area (Å²) < 4.78 is 42.3. The van der Waals surface area contributed by atoms with Crippen LogP contribution in [-0.2, 0) is 17.5 Å². The zero-order valence-electron chi connectivity index (χ0n) is 18.4. The number of halogens is 3. The largest absolute Gasteiger partial charge is 0.433 e. The van der Waals surface area contributed by atoms with E-state index in [1.807, 2.05) is 6.92 Å². The third kappa shape index (κ3) is 4.51. The summed E-state index contributed by atoms with van der Waals surface area (Å²) in [6.45, 7) is 5.29. The lowest BCUT2D eigenvalue weighted by atomic mass is 10.00. The first-order valence-electron chi connectivity index (χ1n) is 10.2. The number of primary amides is 1. The lowest BCUT2D eigenvalue weighted by Gasteiger charge is -2.13. The summed E-state index contributed by atoms with van der Waals surface area (Å²) in [6.07, 6.45) is -4.70. The first kappa shape index (κ1) is 23.4. The van der Waals surface area contributed by atoms with Crippen LogP contribution in [0.15, 0.2) is 36.4 Å². The number of hydrogen-bond acceptors (Lipinski definition) is 5. The molecule has 3 N–H and O–H groups in total. The molecule has 0 radical (unpaired) electrons. The highest BCUT2D eigenvalue weighted by Gasteiger charge is 2.35. The topological polar surface area (TPSA) is 103 Å². The molecular formula is C23H20F3N5O2S. The van der Waals surface area contributed by atoms with Crippen LogP contribution in [0.5, 0.6) is 0 Å². The van der Waals surface area contributed by atoms with E-state index in [0.717, 1.165) is 23.0 Å². The standard InChI is InChI=1S/C23H20F3N5O2S/c1-11-4-6-14(7-5-11)15-9-16(23(24,25)26)28-22-18(15)19(20(34-22)21(27)33)29-17(32)10-31-13(3)8-12(2)30-31/h4-9H,10H2,1-3H3,(H2,27,33)(H,29,32). The molecule has 0 aliphatic rings. The Bertz CT molecular complexity index is 1420.